The van der Waals surface area contributed by atoms with Crippen LogP contribution in [-0.2, 0) is 0 Å². The number of benzene rings is 1. The average molecular weight is 250 g/mol. The summed E-state index contributed by atoms with van der Waals surface area (Å²) in [4.78, 5) is 0. The monoisotopic (exact) mass is 250 g/mol. The Balaban J connectivity index is 2.40. The molecule has 0 saturated heterocycles. The lowest BCUT2D eigenvalue weighted by molar-refractivity contribution is 0.682. The molecular formula is C14H22N2S. The fourth-order valence-corrected chi connectivity index (χ4v) is 1.84. The summed E-state index contributed by atoms with van der Waals surface area (Å²) in [6.45, 7) is 7.34. The Hall–Kier alpha value is -1.09. The summed E-state index contributed by atoms with van der Waals surface area (Å²) in [5.41, 5.74) is 2.54. The Morgan fingerprint density at radius 3 is 2.53 bits per heavy atom. The highest BCUT2D eigenvalue weighted by Gasteiger charge is 2.05. The second-order valence-corrected chi connectivity index (χ2v) is 4.79. The van der Waals surface area contributed by atoms with Gasteiger partial charge in [0.2, 0.25) is 0 Å². The Kier molecular flexibility index (Phi) is 5.98. The summed E-state index contributed by atoms with van der Waals surface area (Å²) in [6, 6.07) is 8.78. The number of hydrogen-bond acceptors (Lipinski definition) is 1. The molecule has 0 aliphatic rings. The lowest BCUT2D eigenvalue weighted by atomic mass is 10.1. The van der Waals surface area contributed by atoms with Crippen molar-refractivity contribution < 1.29 is 0 Å². The molecule has 0 amide bonds. The average Bonchev–Trinajstić information content (AvgIpc) is 2.30. The zero-order valence-electron chi connectivity index (χ0n) is 10.9. The molecule has 1 rings (SSSR count). The van der Waals surface area contributed by atoms with Gasteiger partial charge in [0.25, 0.3) is 0 Å². The molecule has 2 N–H and O–H groups in total. The molecule has 0 radical (unpaired) electrons. The van der Waals surface area contributed by atoms with Gasteiger partial charge in [-0.05, 0) is 38.0 Å². The van der Waals surface area contributed by atoms with Crippen molar-refractivity contribution in [2.45, 2.75) is 39.7 Å². The first-order valence-corrected chi connectivity index (χ1v) is 6.65. The topological polar surface area (TPSA) is 24.1 Å². The molecule has 2 nitrogen and oxygen atoms in total. The van der Waals surface area contributed by atoms with E-state index < -0.39 is 0 Å². The van der Waals surface area contributed by atoms with E-state index in [1.807, 2.05) is 0 Å². The third kappa shape index (κ3) is 5.18. The van der Waals surface area contributed by atoms with Gasteiger partial charge in [-0.3, -0.25) is 0 Å². The molecule has 17 heavy (non-hydrogen) atoms. The van der Waals surface area contributed by atoms with E-state index >= 15 is 0 Å². The quantitative estimate of drug-likeness (QED) is 0.619. The second-order valence-electron chi connectivity index (χ2n) is 4.39. The number of aryl methyl sites for hydroxylation is 1. The van der Waals surface area contributed by atoms with Gasteiger partial charge in [-0.2, -0.15) is 0 Å². The lowest BCUT2D eigenvalue weighted by Crippen LogP contribution is -2.37. The van der Waals surface area contributed by atoms with Crippen molar-refractivity contribution in [1.29, 1.82) is 0 Å². The molecule has 0 aliphatic carbocycles. The first kappa shape index (κ1) is 14.0. The summed E-state index contributed by atoms with van der Waals surface area (Å²) >= 11 is 5.25. The zero-order chi connectivity index (χ0) is 12.7. The van der Waals surface area contributed by atoms with E-state index in [1.165, 1.54) is 17.5 Å². The van der Waals surface area contributed by atoms with Crippen molar-refractivity contribution in [1.82, 2.24) is 10.6 Å². The minimum atomic E-state index is 0.247. The summed E-state index contributed by atoms with van der Waals surface area (Å²) in [5, 5.41) is 7.25. The molecule has 0 spiro atoms. The minimum Gasteiger partial charge on any atom is -0.363 e. The zero-order valence-corrected chi connectivity index (χ0v) is 11.7. The van der Waals surface area contributed by atoms with E-state index in [0.29, 0.717) is 0 Å². The van der Waals surface area contributed by atoms with Crippen molar-refractivity contribution in [3.05, 3.63) is 35.4 Å². The highest BCUT2D eigenvalue weighted by Crippen LogP contribution is 2.12. The van der Waals surface area contributed by atoms with Crippen LogP contribution in [0, 0.1) is 6.92 Å². The molecule has 3 heteroatoms. The molecule has 1 unspecified atom stereocenters. The SMILES string of the molecule is CCCCNC(=S)NC(C)c1ccc(C)cc1. The number of unbranched alkanes of at least 4 members (excludes halogenated alkanes) is 1. The maximum absolute atomic E-state index is 5.25. The largest absolute Gasteiger partial charge is 0.363 e. The van der Waals surface area contributed by atoms with Crippen molar-refractivity contribution >= 4 is 17.3 Å². The van der Waals surface area contributed by atoms with Gasteiger partial charge in [-0.25, -0.2) is 0 Å². The second kappa shape index (κ2) is 7.28. The van der Waals surface area contributed by atoms with Gasteiger partial charge in [0.05, 0.1) is 6.04 Å². The van der Waals surface area contributed by atoms with Crippen LogP contribution in [0.3, 0.4) is 0 Å². The van der Waals surface area contributed by atoms with Crippen molar-refractivity contribution in [2.24, 2.45) is 0 Å². The third-order valence-corrected chi connectivity index (χ3v) is 3.00. The van der Waals surface area contributed by atoms with Gasteiger partial charge in [0.1, 0.15) is 0 Å². The van der Waals surface area contributed by atoms with Crippen LogP contribution in [0.25, 0.3) is 0 Å². The molecule has 0 aromatic heterocycles. The molecule has 0 heterocycles. The lowest BCUT2D eigenvalue weighted by Gasteiger charge is -2.17. The van der Waals surface area contributed by atoms with E-state index in [-0.39, 0.29) is 6.04 Å². The van der Waals surface area contributed by atoms with Crippen LogP contribution in [0.4, 0.5) is 0 Å². The third-order valence-electron chi connectivity index (χ3n) is 2.74. The van der Waals surface area contributed by atoms with Crippen LogP contribution in [0.5, 0.6) is 0 Å². The highest BCUT2D eigenvalue weighted by molar-refractivity contribution is 7.80. The van der Waals surface area contributed by atoms with Crippen LogP contribution >= 0.6 is 12.2 Å². The molecule has 94 valence electrons. The standard InChI is InChI=1S/C14H22N2S/c1-4-5-10-15-14(17)16-12(3)13-8-6-11(2)7-9-13/h6-9,12H,4-5,10H2,1-3H3,(H2,15,16,17). The van der Waals surface area contributed by atoms with E-state index in [1.54, 1.807) is 0 Å². The van der Waals surface area contributed by atoms with Crippen LogP contribution < -0.4 is 10.6 Å². The van der Waals surface area contributed by atoms with Crippen molar-refractivity contribution in [2.75, 3.05) is 6.54 Å². The molecule has 1 aromatic carbocycles. The van der Waals surface area contributed by atoms with E-state index in [2.05, 4.69) is 55.7 Å². The predicted octanol–water partition coefficient (Wildman–Crippen LogP) is 3.32. The van der Waals surface area contributed by atoms with E-state index in [0.717, 1.165) is 18.1 Å². The highest BCUT2D eigenvalue weighted by atomic mass is 32.1. The molecule has 0 fully saturated rings. The smallest absolute Gasteiger partial charge is 0.166 e. The fourth-order valence-electron chi connectivity index (χ4n) is 1.56. The maximum Gasteiger partial charge on any atom is 0.166 e. The molecule has 0 saturated carbocycles. The Morgan fingerprint density at radius 2 is 1.94 bits per heavy atom. The van der Waals surface area contributed by atoms with E-state index in [4.69, 9.17) is 12.2 Å². The number of hydrogen-bond donors (Lipinski definition) is 2. The van der Waals surface area contributed by atoms with Crippen molar-refractivity contribution in [3.8, 4) is 0 Å². The van der Waals surface area contributed by atoms with Crippen LogP contribution in [0.15, 0.2) is 24.3 Å². The normalized spacial score (nSPS) is 11.9. The summed E-state index contributed by atoms with van der Waals surface area (Å²) in [6.07, 6.45) is 2.34. The van der Waals surface area contributed by atoms with Gasteiger partial charge in [0.15, 0.2) is 5.11 Å². The number of thiocarbonyl (C=S) groups is 1. The maximum atomic E-state index is 5.25. The molecule has 1 atom stereocenters. The van der Waals surface area contributed by atoms with Crippen LogP contribution in [0.2, 0.25) is 0 Å². The Morgan fingerprint density at radius 1 is 1.29 bits per heavy atom. The fraction of sp³-hybridized carbons (Fsp3) is 0.500. The minimum absolute atomic E-state index is 0.247. The summed E-state index contributed by atoms with van der Waals surface area (Å²) in [7, 11) is 0. The molecular weight excluding hydrogens is 228 g/mol. The van der Waals surface area contributed by atoms with Gasteiger partial charge < -0.3 is 10.6 Å². The van der Waals surface area contributed by atoms with Gasteiger partial charge in [0, 0.05) is 6.54 Å². The van der Waals surface area contributed by atoms with Crippen molar-refractivity contribution in [3.63, 3.8) is 0 Å². The first-order valence-electron chi connectivity index (χ1n) is 6.24. The predicted molar refractivity (Wildman–Crippen MR) is 78.2 cm³/mol. The van der Waals surface area contributed by atoms with Gasteiger partial charge in [-0.15, -0.1) is 0 Å². The Bertz CT molecular complexity index is 346. The van der Waals surface area contributed by atoms with Crippen LogP contribution in [0.1, 0.15) is 43.9 Å². The molecule has 1 aromatic rings. The first-order chi connectivity index (χ1) is 8.13. The number of nitrogens with one attached hydrogen (secondary N) is 2. The Labute approximate surface area is 110 Å². The van der Waals surface area contributed by atoms with Crippen LogP contribution in [-0.4, -0.2) is 11.7 Å². The van der Waals surface area contributed by atoms with Gasteiger partial charge >= 0.3 is 0 Å². The molecule has 0 bridgehead atoms. The summed E-state index contributed by atoms with van der Waals surface area (Å²) < 4.78 is 0. The van der Waals surface area contributed by atoms with E-state index in [9.17, 15) is 0 Å². The summed E-state index contributed by atoms with van der Waals surface area (Å²) in [5.74, 6) is 0. The number of rotatable bonds is 5. The molecule has 0 aliphatic heterocycles. The van der Waals surface area contributed by atoms with Gasteiger partial charge in [-0.1, -0.05) is 43.2 Å².